The highest BCUT2D eigenvalue weighted by Gasteiger charge is 2.34. The lowest BCUT2D eigenvalue weighted by Crippen LogP contribution is -2.46. The van der Waals surface area contributed by atoms with E-state index in [0.29, 0.717) is 22.2 Å². The number of ether oxygens (including phenoxy) is 2. The van der Waals surface area contributed by atoms with Gasteiger partial charge in [-0.05, 0) is 37.3 Å². The smallest absolute Gasteiger partial charge is 0.269 e. The molecule has 3 rings (SSSR count). The fourth-order valence-electron chi connectivity index (χ4n) is 2.53. The summed E-state index contributed by atoms with van der Waals surface area (Å²) < 4.78 is 11.5. The summed E-state index contributed by atoms with van der Waals surface area (Å²) in [4.78, 5) is 24.4. The lowest BCUT2D eigenvalue weighted by atomic mass is 10.1. The molecule has 2 amide bonds. The van der Waals surface area contributed by atoms with E-state index in [1.165, 1.54) is 13.1 Å². The highest BCUT2D eigenvalue weighted by atomic mass is 35.5. The molecule has 2 unspecified atom stereocenters. The quantitative estimate of drug-likeness (QED) is 0.882. The zero-order chi connectivity index (χ0) is 18.0. The van der Waals surface area contributed by atoms with Gasteiger partial charge in [-0.1, -0.05) is 23.7 Å². The second kappa shape index (κ2) is 7.03. The SMILES string of the molecule is CNC(=O)c1cc(NC(=O)C2Oc3ccccc3OC2C)ccc1Cl. The fourth-order valence-corrected chi connectivity index (χ4v) is 2.73. The van der Waals surface area contributed by atoms with E-state index < -0.39 is 12.2 Å². The summed E-state index contributed by atoms with van der Waals surface area (Å²) in [7, 11) is 1.51. The molecule has 0 saturated carbocycles. The van der Waals surface area contributed by atoms with E-state index in [1.54, 1.807) is 31.2 Å². The van der Waals surface area contributed by atoms with Crippen LogP contribution in [0.15, 0.2) is 42.5 Å². The van der Waals surface area contributed by atoms with E-state index in [4.69, 9.17) is 21.1 Å². The summed E-state index contributed by atoms with van der Waals surface area (Å²) in [6, 6.07) is 11.9. The zero-order valence-electron chi connectivity index (χ0n) is 13.7. The molecule has 6 nitrogen and oxygen atoms in total. The molecule has 0 fully saturated rings. The molecular formula is C18H17ClN2O4. The molecule has 2 N–H and O–H groups in total. The Morgan fingerprint density at radius 3 is 2.44 bits per heavy atom. The third-order valence-electron chi connectivity index (χ3n) is 3.81. The maximum Gasteiger partial charge on any atom is 0.269 e. The Bertz CT molecular complexity index is 824. The molecule has 1 heterocycles. The van der Waals surface area contributed by atoms with Crippen LogP contribution in [0.4, 0.5) is 5.69 Å². The summed E-state index contributed by atoms with van der Waals surface area (Å²) in [5, 5.41) is 5.54. The molecule has 0 bridgehead atoms. The van der Waals surface area contributed by atoms with Crippen LogP contribution in [0.1, 0.15) is 17.3 Å². The van der Waals surface area contributed by atoms with Crippen LogP contribution in [-0.2, 0) is 4.79 Å². The first kappa shape index (κ1) is 17.1. The Labute approximate surface area is 150 Å². The largest absolute Gasteiger partial charge is 0.482 e. The number of benzene rings is 2. The van der Waals surface area contributed by atoms with Crippen LogP contribution in [0, 0.1) is 0 Å². The van der Waals surface area contributed by atoms with Gasteiger partial charge in [-0.3, -0.25) is 9.59 Å². The van der Waals surface area contributed by atoms with Crippen LogP contribution in [0.2, 0.25) is 5.02 Å². The second-order valence-corrected chi connectivity index (χ2v) is 5.98. The summed E-state index contributed by atoms with van der Waals surface area (Å²) in [6.07, 6.45) is -1.27. The molecule has 0 aromatic heterocycles. The first-order valence-electron chi connectivity index (χ1n) is 7.74. The summed E-state index contributed by atoms with van der Waals surface area (Å²) in [6.45, 7) is 1.76. The van der Waals surface area contributed by atoms with Crippen molar-refractivity contribution in [1.29, 1.82) is 0 Å². The van der Waals surface area contributed by atoms with Crippen molar-refractivity contribution in [1.82, 2.24) is 5.32 Å². The van der Waals surface area contributed by atoms with Crippen molar-refractivity contribution >= 4 is 29.1 Å². The topological polar surface area (TPSA) is 76.7 Å². The van der Waals surface area contributed by atoms with E-state index in [2.05, 4.69) is 10.6 Å². The van der Waals surface area contributed by atoms with Gasteiger partial charge in [0.1, 0.15) is 6.10 Å². The van der Waals surface area contributed by atoms with Gasteiger partial charge in [0, 0.05) is 12.7 Å². The molecule has 0 aliphatic carbocycles. The van der Waals surface area contributed by atoms with Gasteiger partial charge < -0.3 is 20.1 Å². The van der Waals surface area contributed by atoms with Crippen molar-refractivity contribution in [2.75, 3.05) is 12.4 Å². The number of hydrogen-bond donors (Lipinski definition) is 2. The number of amides is 2. The molecule has 25 heavy (non-hydrogen) atoms. The third-order valence-corrected chi connectivity index (χ3v) is 4.14. The van der Waals surface area contributed by atoms with Crippen molar-refractivity contribution in [2.24, 2.45) is 0 Å². The van der Waals surface area contributed by atoms with Gasteiger partial charge in [-0.15, -0.1) is 0 Å². The van der Waals surface area contributed by atoms with E-state index in [-0.39, 0.29) is 17.4 Å². The molecule has 1 aliphatic rings. The van der Waals surface area contributed by atoms with Gasteiger partial charge in [-0.2, -0.15) is 0 Å². The number of fused-ring (bicyclic) bond motifs is 1. The lowest BCUT2D eigenvalue weighted by molar-refractivity contribution is -0.128. The Morgan fingerprint density at radius 1 is 1.08 bits per heavy atom. The fraction of sp³-hybridized carbons (Fsp3) is 0.222. The molecule has 130 valence electrons. The molecule has 0 spiro atoms. The van der Waals surface area contributed by atoms with Crippen LogP contribution in [0.25, 0.3) is 0 Å². The van der Waals surface area contributed by atoms with E-state index in [1.807, 2.05) is 12.1 Å². The minimum atomic E-state index is -0.811. The Hall–Kier alpha value is -2.73. The first-order valence-corrected chi connectivity index (χ1v) is 8.12. The van der Waals surface area contributed by atoms with Crippen molar-refractivity contribution in [3.8, 4) is 11.5 Å². The second-order valence-electron chi connectivity index (χ2n) is 5.57. The standard InChI is InChI=1S/C18H17ClN2O4/c1-10-16(25-15-6-4-3-5-14(15)24-10)18(23)21-11-7-8-13(19)12(9-11)17(22)20-2/h3-10,16H,1-2H3,(H,20,22)(H,21,23). The van der Waals surface area contributed by atoms with Crippen LogP contribution in [-0.4, -0.2) is 31.1 Å². The molecule has 0 saturated heterocycles. The highest BCUT2D eigenvalue weighted by Crippen LogP contribution is 2.33. The average Bonchev–Trinajstić information content (AvgIpc) is 2.62. The minimum Gasteiger partial charge on any atom is -0.482 e. The van der Waals surface area contributed by atoms with Gasteiger partial charge in [0.25, 0.3) is 11.8 Å². The summed E-state index contributed by atoms with van der Waals surface area (Å²) in [5.74, 6) is 0.420. The van der Waals surface area contributed by atoms with E-state index in [0.717, 1.165) is 0 Å². The van der Waals surface area contributed by atoms with Gasteiger partial charge >= 0.3 is 0 Å². The summed E-state index contributed by atoms with van der Waals surface area (Å²) >= 11 is 6.02. The Morgan fingerprint density at radius 2 is 1.76 bits per heavy atom. The number of carbonyl (C=O) groups is 2. The Kier molecular flexibility index (Phi) is 4.81. The van der Waals surface area contributed by atoms with Gasteiger partial charge in [-0.25, -0.2) is 0 Å². The number of hydrogen-bond acceptors (Lipinski definition) is 4. The molecule has 0 radical (unpaired) electrons. The van der Waals surface area contributed by atoms with Crippen molar-refractivity contribution < 1.29 is 19.1 Å². The monoisotopic (exact) mass is 360 g/mol. The molecule has 7 heteroatoms. The predicted molar refractivity (Wildman–Crippen MR) is 94.4 cm³/mol. The molecule has 2 aromatic rings. The van der Waals surface area contributed by atoms with Gasteiger partial charge in [0.2, 0.25) is 6.10 Å². The normalized spacial score (nSPS) is 18.4. The number of halogens is 1. The molecule has 2 atom stereocenters. The maximum atomic E-state index is 12.6. The minimum absolute atomic E-state index is 0.279. The number of carbonyl (C=O) groups excluding carboxylic acids is 2. The molecular weight excluding hydrogens is 344 g/mol. The molecule has 2 aromatic carbocycles. The number of rotatable bonds is 3. The zero-order valence-corrected chi connectivity index (χ0v) is 14.5. The first-order chi connectivity index (χ1) is 12.0. The van der Waals surface area contributed by atoms with Crippen molar-refractivity contribution in [3.63, 3.8) is 0 Å². The van der Waals surface area contributed by atoms with Crippen LogP contribution < -0.4 is 20.1 Å². The maximum absolute atomic E-state index is 12.6. The summed E-state index contributed by atoms with van der Waals surface area (Å²) in [5.41, 5.74) is 0.726. The molecule has 1 aliphatic heterocycles. The van der Waals surface area contributed by atoms with E-state index in [9.17, 15) is 9.59 Å². The third kappa shape index (κ3) is 3.53. The number of anilines is 1. The Balaban J connectivity index is 1.78. The predicted octanol–water partition coefficient (Wildman–Crippen LogP) is 2.87. The van der Waals surface area contributed by atoms with Gasteiger partial charge in [0.15, 0.2) is 11.5 Å². The average molecular weight is 361 g/mol. The highest BCUT2D eigenvalue weighted by molar-refractivity contribution is 6.34. The van der Waals surface area contributed by atoms with Crippen LogP contribution in [0.3, 0.4) is 0 Å². The van der Waals surface area contributed by atoms with Crippen LogP contribution >= 0.6 is 11.6 Å². The van der Waals surface area contributed by atoms with Crippen molar-refractivity contribution in [3.05, 3.63) is 53.1 Å². The number of para-hydroxylation sites is 2. The van der Waals surface area contributed by atoms with Gasteiger partial charge in [0.05, 0.1) is 10.6 Å². The lowest BCUT2D eigenvalue weighted by Gasteiger charge is -2.31. The van der Waals surface area contributed by atoms with Crippen molar-refractivity contribution in [2.45, 2.75) is 19.1 Å². The number of nitrogens with one attached hydrogen (secondary N) is 2. The van der Waals surface area contributed by atoms with Crippen LogP contribution in [0.5, 0.6) is 11.5 Å². The van der Waals surface area contributed by atoms with E-state index >= 15 is 0 Å².